The first-order valence-corrected chi connectivity index (χ1v) is 6.24. The summed E-state index contributed by atoms with van der Waals surface area (Å²) >= 11 is 1.66. The third kappa shape index (κ3) is 2.81. The van der Waals surface area contributed by atoms with Gasteiger partial charge in [0, 0.05) is 18.1 Å². The monoisotopic (exact) mass is 249 g/mol. The molecule has 2 rings (SSSR count). The summed E-state index contributed by atoms with van der Waals surface area (Å²) in [7, 11) is 2.00. The molecule has 2 heterocycles. The first kappa shape index (κ1) is 12.0. The van der Waals surface area contributed by atoms with E-state index in [0.717, 1.165) is 23.6 Å². The van der Waals surface area contributed by atoms with Crippen LogP contribution in [0.15, 0.2) is 23.8 Å². The van der Waals surface area contributed by atoms with Crippen molar-refractivity contribution in [3.05, 3.63) is 40.0 Å². The largest absolute Gasteiger partial charge is 0.392 e. The van der Waals surface area contributed by atoms with Crippen LogP contribution in [0.5, 0.6) is 0 Å². The average Bonchev–Trinajstić information content (AvgIpc) is 2.75. The first-order valence-electron chi connectivity index (χ1n) is 5.36. The van der Waals surface area contributed by atoms with Gasteiger partial charge in [0.25, 0.3) is 0 Å². The molecule has 1 N–H and O–H groups in total. The van der Waals surface area contributed by atoms with E-state index in [0.29, 0.717) is 0 Å². The topological polar surface area (TPSA) is 49.2 Å². The summed E-state index contributed by atoms with van der Waals surface area (Å²) in [5.74, 6) is 0.898. The molecule has 0 aliphatic carbocycles. The summed E-state index contributed by atoms with van der Waals surface area (Å²) in [5.41, 5.74) is 3.77. The van der Waals surface area contributed by atoms with Gasteiger partial charge in [0.15, 0.2) is 0 Å². The quantitative estimate of drug-likeness (QED) is 0.900. The van der Waals surface area contributed by atoms with E-state index >= 15 is 0 Å². The minimum absolute atomic E-state index is 0.0327. The Morgan fingerprint density at radius 1 is 1.35 bits per heavy atom. The first-order chi connectivity index (χ1) is 8.20. The Morgan fingerprint density at radius 3 is 2.71 bits per heavy atom. The van der Waals surface area contributed by atoms with Crippen LogP contribution in [0.3, 0.4) is 0 Å². The highest BCUT2D eigenvalue weighted by Crippen LogP contribution is 2.18. The number of hydrogen-bond donors (Lipinski definition) is 1. The van der Waals surface area contributed by atoms with Gasteiger partial charge in [0.2, 0.25) is 0 Å². The zero-order valence-electron chi connectivity index (χ0n) is 9.92. The van der Waals surface area contributed by atoms with Crippen molar-refractivity contribution < 1.29 is 5.11 Å². The van der Waals surface area contributed by atoms with Crippen LogP contribution >= 0.6 is 11.3 Å². The van der Waals surface area contributed by atoms with E-state index in [2.05, 4.69) is 14.9 Å². The van der Waals surface area contributed by atoms with Gasteiger partial charge < -0.3 is 10.0 Å². The van der Waals surface area contributed by atoms with Gasteiger partial charge in [-0.25, -0.2) is 9.97 Å². The van der Waals surface area contributed by atoms with Crippen LogP contribution in [0.25, 0.3) is 0 Å². The van der Waals surface area contributed by atoms with Crippen molar-refractivity contribution in [2.45, 2.75) is 20.1 Å². The molecule has 0 fully saturated rings. The predicted molar refractivity (Wildman–Crippen MR) is 69.1 cm³/mol. The molecule has 0 aliphatic heterocycles. The van der Waals surface area contributed by atoms with Gasteiger partial charge >= 0.3 is 0 Å². The zero-order chi connectivity index (χ0) is 12.3. The molecule has 0 bridgehead atoms. The van der Waals surface area contributed by atoms with Gasteiger partial charge in [-0.15, -0.1) is 11.3 Å². The summed E-state index contributed by atoms with van der Waals surface area (Å²) in [5, 5.41) is 8.95. The summed E-state index contributed by atoms with van der Waals surface area (Å²) < 4.78 is 0. The van der Waals surface area contributed by atoms with Gasteiger partial charge in [-0.05, 0) is 18.6 Å². The molecule has 4 nitrogen and oxygen atoms in total. The summed E-state index contributed by atoms with van der Waals surface area (Å²) in [6.45, 7) is 2.86. The number of rotatable bonds is 4. The van der Waals surface area contributed by atoms with Crippen molar-refractivity contribution in [2.75, 3.05) is 11.9 Å². The van der Waals surface area contributed by atoms with E-state index in [9.17, 15) is 0 Å². The van der Waals surface area contributed by atoms with Crippen LogP contribution in [-0.2, 0) is 13.2 Å². The van der Waals surface area contributed by atoms with Crippen molar-refractivity contribution >= 4 is 17.2 Å². The van der Waals surface area contributed by atoms with Crippen LogP contribution in [-0.4, -0.2) is 22.1 Å². The molecule has 0 aromatic carbocycles. The molecule has 2 aromatic rings. The van der Waals surface area contributed by atoms with Gasteiger partial charge in [0.1, 0.15) is 5.82 Å². The van der Waals surface area contributed by atoms with Crippen LogP contribution in [0.1, 0.15) is 16.1 Å². The molecule has 2 aromatic heterocycles. The van der Waals surface area contributed by atoms with Crippen LogP contribution in [0.2, 0.25) is 0 Å². The second-order valence-corrected chi connectivity index (χ2v) is 4.84. The molecule has 0 saturated carbocycles. The molecule has 5 heteroatoms. The number of thiazole rings is 1. The summed E-state index contributed by atoms with van der Waals surface area (Å²) in [4.78, 5) is 11.9. The minimum atomic E-state index is 0.0327. The molecule has 90 valence electrons. The van der Waals surface area contributed by atoms with Crippen molar-refractivity contribution in [1.82, 2.24) is 9.97 Å². The summed E-state index contributed by atoms with van der Waals surface area (Å²) in [6.07, 6.45) is 1.70. The number of pyridine rings is 1. The molecule has 17 heavy (non-hydrogen) atoms. The van der Waals surface area contributed by atoms with E-state index < -0.39 is 0 Å². The van der Waals surface area contributed by atoms with Crippen molar-refractivity contribution in [1.29, 1.82) is 0 Å². The second kappa shape index (κ2) is 5.25. The number of hydrogen-bond acceptors (Lipinski definition) is 5. The van der Waals surface area contributed by atoms with Gasteiger partial charge in [-0.3, -0.25) is 0 Å². The van der Waals surface area contributed by atoms with Crippen LogP contribution < -0.4 is 4.90 Å². The molecule has 0 atom stereocenters. The number of anilines is 1. The lowest BCUT2D eigenvalue weighted by Gasteiger charge is -2.17. The highest BCUT2D eigenvalue weighted by atomic mass is 32.1. The smallest absolute Gasteiger partial charge is 0.128 e. The van der Waals surface area contributed by atoms with Crippen LogP contribution in [0, 0.1) is 6.92 Å². The second-order valence-electron chi connectivity index (χ2n) is 3.90. The van der Waals surface area contributed by atoms with Crippen molar-refractivity contribution in [2.24, 2.45) is 0 Å². The maximum Gasteiger partial charge on any atom is 0.128 e. The lowest BCUT2D eigenvalue weighted by Crippen LogP contribution is -2.17. The predicted octanol–water partition coefficient (Wildman–Crippen LogP) is 1.98. The van der Waals surface area contributed by atoms with Gasteiger partial charge in [-0.1, -0.05) is 6.07 Å². The molecule has 0 amide bonds. The Bertz CT molecular complexity index is 481. The molecule has 0 radical (unpaired) electrons. The normalized spacial score (nSPS) is 10.5. The number of aryl methyl sites for hydroxylation is 1. The number of aliphatic hydroxyl groups is 1. The fourth-order valence-electron chi connectivity index (χ4n) is 1.51. The van der Waals surface area contributed by atoms with E-state index in [1.165, 1.54) is 4.88 Å². The molecular weight excluding hydrogens is 234 g/mol. The molecule has 0 spiro atoms. The number of aliphatic hydroxyl groups excluding tert-OH is 1. The van der Waals surface area contributed by atoms with Gasteiger partial charge in [-0.2, -0.15) is 0 Å². The highest BCUT2D eigenvalue weighted by molar-refractivity contribution is 7.09. The molecule has 0 aliphatic rings. The molecular formula is C12H15N3OS. The minimum Gasteiger partial charge on any atom is -0.392 e. The van der Waals surface area contributed by atoms with E-state index in [-0.39, 0.29) is 6.61 Å². The fraction of sp³-hybridized carbons (Fsp3) is 0.333. The molecule has 0 unspecified atom stereocenters. The standard InChI is InChI=1S/C12H15N3OS/c1-9-11(17-8-14-9)6-15(2)12-4-3-10(7-16)5-13-12/h3-5,8,16H,6-7H2,1-2H3. The fourth-order valence-corrected chi connectivity index (χ4v) is 2.34. The van der Waals surface area contributed by atoms with E-state index in [1.54, 1.807) is 17.5 Å². The third-order valence-corrected chi connectivity index (χ3v) is 3.53. The average molecular weight is 249 g/mol. The van der Waals surface area contributed by atoms with Gasteiger partial charge in [0.05, 0.1) is 24.4 Å². The maximum atomic E-state index is 8.95. The van der Waals surface area contributed by atoms with Crippen LogP contribution in [0.4, 0.5) is 5.82 Å². The SMILES string of the molecule is Cc1ncsc1CN(C)c1ccc(CO)cn1. The Morgan fingerprint density at radius 2 is 2.18 bits per heavy atom. The van der Waals surface area contributed by atoms with Crippen molar-refractivity contribution in [3.63, 3.8) is 0 Å². The summed E-state index contributed by atoms with van der Waals surface area (Å²) in [6, 6.07) is 3.81. The van der Waals surface area contributed by atoms with E-state index in [1.807, 2.05) is 31.6 Å². The number of nitrogens with zero attached hydrogens (tertiary/aromatic N) is 3. The van der Waals surface area contributed by atoms with E-state index in [4.69, 9.17) is 5.11 Å². The lowest BCUT2D eigenvalue weighted by molar-refractivity contribution is 0.281. The molecule has 0 saturated heterocycles. The zero-order valence-corrected chi connectivity index (χ0v) is 10.7. The third-order valence-electron chi connectivity index (χ3n) is 2.61. The highest BCUT2D eigenvalue weighted by Gasteiger charge is 2.07. The maximum absolute atomic E-state index is 8.95. The van der Waals surface area contributed by atoms with Crippen molar-refractivity contribution in [3.8, 4) is 0 Å². The Balaban J connectivity index is 2.09. The Kier molecular flexibility index (Phi) is 3.71. The Labute approximate surface area is 105 Å². The Hall–Kier alpha value is -1.46. The number of aromatic nitrogens is 2. The lowest BCUT2D eigenvalue weighted by atomic mass is 10.3.